The van der Waals surface area contributed by atoms with E-state index in [1.807, 2.05) is 53.7 Å². The lowest BCUT2D eigenvalue weighted by atomic mass is 10.2. The first-order valence-electron chi connectivity index (χ1n) is 8.27. The molecule has 0 aliphatic carbocycles. The molecule has 0 unspecified atom stereocenters. The maximum Gasteiger partial charge on any atom is 0.270 e. The summed E-state index contributed by atoms with van der Waals surface area (Å²) < 4.78 is 3.16. The Morgan fingerprint density at radius 1 is 1.07 bits per heavy atom. The quantitative estimate of drug-likeness (QED) is 0.217. The van der Waals surface area contributed by atoms with Crippen LogP contribution < -0.4 is 4.31 Å². The molecule has 0 aromatic heterocycles. The van der Waals surface area contributed by atoms with Crippen LogP contribution in [0, 0.1) is 17.0 Å². The second kappa shape index (κ2) is 8.98. The third kappa shape index (κ3) is 4.87. The van der Waals surface area contributed by atoms with E-state index in [1.54, 1.807) is 12.1 Å². The topological polar surface area (TPSA) is 66.6 Å². The summed E-state index contributed by atoms with van der Waals surface area (Å²) >= 11 is 8.18. The summed E-state index contributed by atoms with van der Waals surface area (Å²) in [6, 6.07) is 18.4. The number of halogens is 2. The maximum atomic E-state index is 11.2. The van der Waals surface area contributed by atoms with Crippen molar-refractivity contribution in [2.24, 2.45) is 0 Å². The Morgan fingerprint density at radius 3 is 2.32 bits per heavy atom. The second-order valence-electron chi connectivity index (χ2n) is 6.08. The van der Waals surface area contributed by atoms with Crippen molar-refractivity contribution in [3.05, 3.63) is 90.9 Å². The highest BCUT2D eigenvalue weighted by atomic mass is 79.9. The zero-order chi connectivity index (χ0) is 20.3. The van der Waals surface area contributed by atoms with E-state index in [-0.39, 0.29) is 11.4 Å². The number of phenols is 1. The van der Waals surface area contributed by atoms with E-state index < -0.39 is 4.92 Å². The van der Waals surface area contributed by atoms with Crippen molar-refractivity contribution in [2.45, 2.75) is 18.4 Å². The summed E-state index contributed by atoms with van der Waals surface area (Å²) in [6.07, 6.45) is 0. The lowest BCUT2D eigenvalue weighted by Crippen LogP contribution is -2.14. The molecule has 144 valence electrons. The molecule has 0 spiro atoms. The van der Waals surface area contributed by atoms with Gasteiger partial charge in [-0.2, -0.15) is 0 Å². The lowest BCUT2D eigenvalue weighted by Gasteiger charge is -2.25. The highest BCUT2D eigenvalue weighted by molar-refractivity contribution is 9.11. The average Bonchev–Trinajstić information content (AvgIpc) is 2.67. The predicted octanol–water partition coefficient (Wildman–Crippen LogP) is 6.85. The van der Waals surface area contributed by atoms with Gasteiger partial charge < -0.3 is 9.41 Å². The molecule has 0 amide bonds. The third-order valence-corrected chi connectivity index (χ3v) is 6.46. The minimum atomic E-state index is -0.390. The van der Waals surface area contributed by atoms with Crippen molar-refractivity contribution in [3.63, 3.8) is 0 Å². The Bertz CT molecular complexity index is 993. The third-order valence-electron chi connectivity index (χ3n) is 4.05. The lowest BCUT2D eigenvalue weighted by molar-refractivity contribution is -0.385. The Kier molecular flexibility index (Phi) is 6.64. The molecule has 0 saturated heterocycles. The fourth-order valence-corrected chi connectivity index (χ4v) is 4.75. The number of nitro groups is 1. The summed E-state index contributed by atoms with van der Waals surface area (Å²) in [5.41, 5.74) is 2.95. The normalized spacial score (nSPS) is 10.7. The molecule has 0 bridgehead atoms. The zero-order valence-electron chi connectivity index (χ0n) is 14.8. The number of nitro benzene ring substituents is 1. The number of anilines is 1. The van der Waals surface area contributed by atoms with Crippen LogP contribution in [-0.2, 0) is 6.54 Å². The molecule has 0 atom stereocenters. The zero-order valence-corrected chi connectivity index (χ0v) is 18.8. The van der Waals surface area contributed by atoms with Crippen LogP contribution in [0.2, 0.25) is 0 Å². The first-order valence-corrected chi connectivity index (χ1v) is 10.6. The van der Waals surface area contributed by atoms with Gasteiger partial charge >= 0.3 is 0 Å². The molecule has 1 N–H and O–H groups in total. The fraction of sp³-hybridized carbons (Fsp3) is 0.100. The molecule has 5 nitrogen and oxygen atoms in total. The Hall–Kier alpha value is -2.03. The highest BCUT2D eigenvalue weighted by Gasteiger charge is 2.17. The average molecular weight is 524 g/mol. The summed E-state index contributed by atoms with van der Waals surface area (Å²) in [4.78, 5) is 11.6. The van der Waals surface area contributed by atoms with Crippen LogP contribution in [0.4, 0.5) is 11.4 Å². The van der Waals surface area contributed by atoms with E-state index in [9.17, 15) is 15.2 Å². The van der Waals surface area contributed by atoms with Crippen molar-refractivity contribution in [1.29, 1.82) is 0 Å². The molecule has 0 aliphatic heterocycles. The van der Waals surface area contributed by atoms with Crippen LogP contribution >= 0.6 is 43.8 Å². The van der Waals surface area contributed by atoms with Gasteiger partial charge in [-0.3, -0.25) is 10.1 Å². The SMILES string of the molecule is Cc1ccc([N+](=O)[O-])cc1SN(Cc1ccccc1)c1cc(Br)c(O)c(Br)c1. The van der Waals surface area contributed by atoms with Crippen molar-refractivity contribution in [2.75, 3.05) is 4.31 Å². The van der Waals surface area contributed by atoms with Gasteiger partial charge in [0.05, 0.1) is 26.1 Å². The Morgan fingerprint density at radius 2 is 1.71 bits per heavy atom. The van der Waals surface area contributed by atoms with Crippen molar-refractivity contribution in [3.8, 4) is 5.75 Å². The number of rotatable bonds is 6. The molecule has 28 heavy (non-hydrogen) atoms. The number of hydrogen-bond donors (Lipinski definition) is 1. The Labute approximate surface area is 183 Å². The number of aromatic hydroxyl groups is 1. The highest BCUT2D eigenvalue weighted by Crippen LogP contribution is 2.41. The smallest absolute Gasteiger partial charge is 0.270 e. The largest absolute Gasteiger partial charge is 0.506 e. The maximum absolute atomic E-state index is 11.2. The number of benzene rings is 3. The van der Waals surface area contributed by atoms with E-state index in [2.05, 4.69) is 31.9 Å². The van der Waals surface area contributed by atoms with Gasteiger partial charge in [0, 0.05) is 17.0 Å². The van der Waals surface area contributed by atoms with Gasteiger partial charge in [0.15, 0.2) is 0 Å². The van der Waals surface area contributed by atoms with E-state index in [1.165, 1.54) is 18.0 Å². The van der Waals surface area contributed by atoms with Crippen LogP contribution in [0.1, 0.15) is 11.1 Å². The molecule has 3 aromatic rings. The van der Waals surface area contributed by atoms with E-state index in [0.29, 0.717) is 15.5 Å². The molecule has 0 saturated carbocycles. The summed E-state index contributed by atoms with van der Waals surface area (Å²) in [7, 11) is 0. The van der Waals surface area contributed by atoms with Gasteiger partial charge in [-0.05, 0) is 74.0 Å². The van der Waals surface area contributed by atoms with Crippen LogP contribution in [0.25, 0.3) is 0 Å². The summed E-state index contributed by atoms with van der Waals surface area (Å²) in [5, 5.41) is 21.2. The van der Waals surface area contributed by atoms with Gasteiger partial charge in [0.25, 0.3) is 5.69 Å². The number of hydrogen-bond acceptors (Lipinski definition) is 5. The minimum Gasteiger partial charge on any atom is -0.506 e. The molecule has 0 aliphatic rings. The van der Waals surface area contributed by atoms with Gasteiger partial charge in [-0.25, -0.2) is 0 Å². The van der Waals surface area contributed by atoms with Gasteiger partial charge in [0.2, 0.25) is 0 Å². The van der Waals surface area contributed by atoms with Crippen LogP contribution in [0.5, 0.6) is 5.75 Å². The van der Waals surface area contributed by atoms with E-state index in [0.717, 1.165) is 21.7 Å². The molecule has 3 rings (SSSR count). The second-order valence-corrected chi connectivity index (χ2v) is 8.85. The number of aryl methyl sites for hydroxylation is 1. The summed E-state index contributed by atoms with van der Waals surface area (Å²) in [6.45, 7) is 2.51. The van der Waals surface area contributed by atoms with Crippen molar-refractivity contribution < 1.29 is 10.0 Å². The monoisotopic (exact) mass is 522 g/mol. The molecule has 3 aromatic carbocycles. The van der Waals surface area contributed by atoms with Gasteiger partial charge in [0.1, 0.15) is 5.75 Å². The van der Waals surface area contributed by atoms with Crippen LogP contribution in [0.15, 0.2) is 74.5 Å². The Balaban J connectivity index is 2.02. The van der Waals surface area contributed by atoms with E-state index >= 15 is 0 Å². The molecular formula is C20H16Br2N2O3S. The standard InChI is InChI=1S/C20H16Br2N2O3S/c1-13-7-8-15(24(26)27)11-19(13)28-23(12-14-5-3-2-4-6-14)16-9-17(21)20(25)18(22)10-16/h2-11,25H,12H2,1H3. The first-order chi connectivity index (χ1) is 13.3. The number of nitrogens with zero attached hydrogens (tertiary/aromatic N) is 2. The number of non-ortho nitro benzene ring substituents is 1. The van der Waals surface area contributed by atoms with Crippen LogP contribution in [0.3, 0.4) is 0 Å². The van der Waals surface area contributed by atoms with Crippen molar-refractivity contribution in [1.82, 2.24) is 0 Å². The van der Waals surface area contributed by atoms with E-state index in [4.69, 9.17) is 0 Å². The van der Waals surface area contributed by atoms with Crippen molar-refractivity contribution >= 4 is 55.2 Å². The molecular weight excluding hydrogens is 508 g/mol. The van der Waals surface area contributed by atoms with Gasteiger partial charge in [-0.15, -0.1) is 0 Å². The predicted molar refractivity (Wildman–Crippen MR) is 120 cm³/mol. The summed E-state index contributed by atoms with van der Waals surface area (Å²) in [5.74, 6) is 0.125. The van der Waals surface area contributed by atoms with Gasteiger partial charge in [-0.1, -0.05) is 36.4 Å². The molecule has 0 fully saturated rings. The molecule has 8 heteroatoms. The fourth-order valence-electron chi connectivity index (χ4n) is 2.54. The molecule has 0 radical (unpaired) electrons. The van der Waals surface area contributed by atoms with Crippen LogP contribution in [-0.4, -0.2) is 10.0 Å². The molecule has 0 heterocycles. The first kappa shape index (κ1) is 20.7. The minimum absolute atomic E-state index is 0.0563. The number of phenolic OH excluding ortho intramolecular Hbond substituents is 1.